The number of hydrogen-bond donors (Lipinski definition) is 0. The molecule has 0 amide bonds. The molecule has 11 aromatic rings. The van der Waals surface area contributed by atoms with Crippen LogP contribution in [-0.4, -0.2) is 4.57 Å². The van der Waals surface area contributed by atoms with Crippen LogP contribution in [0.5, 0.6) is 0 Å². The normalized spacial score (nSPS) is 12.1. The summed E-state index contributed by atoms with van der Waals surface area (Å²) in [6.07, 6.45) is 1.79. The quantitative estimate of drug-likeness (QED) is 0.183. The Labute approximate surface area is 280 Å². The van der Waals surface area contributed by atoms with Crippen LogP contribution in [0.1, 0.15) is 0 Å². The molecule has 3 heteroatoms. The van der Waals surface area contributed by atoms with Gasteiger partial charge >= 0.3 is 0 Å². The summed E-state index contributed by atoms with van der Waals surface area (Å²) in [4.78, 5) is 0. The van der Waals surface area contributed by atoms with Crippen molar-refractivity contribution in [2.24, 2.45) is 0 Å². The first kappa shape index (κ1) is 26.5. The average molecular weight is 626 g/mol. The van der Waals surface area contributed by atoms with E-state index in [1.165, 1.54) is 43.7 Å². The Morgan fingerprint density at radius 3 is 1.76 bits per heavy atom. The number of fused-ring (bicyclic) bond motifs is 9. The summed E-state index contributed by atoms with van der Waals surface area (Å²) in [7, 11) is 0. The summed E-state index contributed by atoms with van der Waals surface area (Å²) in [5.41, 5.74) is 10.6. The molecule has 11 rings (SSSR count). The van der Waals surface area contributed by atoms with Gasteiger partial charge in [-0.3, -0.25) is 0 Å². The Morgan fingerprint density at radius 2 is 1.00 bits per heavy atom. The fourth-order valence-corrected chi connectivity index (χ4v) is 8.21. The fourth-order valence-electron chi connectivity index (χ4n) is 8.21. The van der Waals surface area contributed by atoms with E-state index >= 15 is 0 Å². The van der Waals surface area contributed by atoms with Crippen molar-refractivity contribution in [3.63, 3.8) is 0 Å². The summed E-state index contributed by atoms with van der Waals surface area (Å²) in [5, 5.41) is 10.4. The van der Waals surface area contributed by atoms with Crippen molar-refractivity contribution in [3.05, 3.63) is 164 Å². The van der Waals surface area contributed by atoms with Gasteiger partial charge in [0.15, 0.2) is 0 Å². The summed E-state index contributed by atoms with van der Waals surface area (Å²) in [6.45, 7) is 0. The maximum absolute atomic E-state index is 6.69. The molecule has 0 atom stereocenters. The number of para-hydroxylation sites is 3. The molecule has 0 saturated heterocycles. The molecule has 0 aliphatic rings. The monoisotopic (exact) mass is 625 g/mol. The van der Waals surface area contributed by atoms with E-state index in [1.54, 1.807) is 6.26 Å². The highest BCUT2D eigenvalue weighted by Crippen LogP contribution is 2.49. The molecule has 3 nitrogen and oxygen atoms in total. The van der Waals surface area contributed by atoms with E-state index in [0.29, 0.717) is 0 Å². The Hall–Kier alpha value is -6.58. The van der Waals surface area contributed by atoms with Gasteiger partial charge in [0.2, 0.25) is 0 Å². The number of benzene rings is 8. The third-order valence-corrected chi connectivity index (χ3v) is 10.2. The van der Waals surface area contributed by atoms with E-state index in [2.05, 4.69) is 150 Å². The molecular weight excluding hydrogens is 599 g/mol. The molecule has 0 saturated carbocycles. The summed E-state index contributed by atoms with van der Waals surface area (Å²) in [6, 6.07) is 56.4. The number of furan rings is 2. The van der Waals surface area contributed by atoms with Crippen LogP contribution >= 0.6 is 0 Å². The molecular formula is C46H27NO2. The third kappa shape index (κ3) is 3.67. The molecule has 0 aliphatic carbocycles. The van der Waals surface area contributed by atoms with Crippen LogP contribution in [0.15, 0.2) is 173 Å². The predicted octanol–water partition coefficient (Wildman–Crippen LogP) is 13.1. The van der Waals surface area contributed by atoms with Crippen molar-refractivity contribution < 1.29 is 8.83 Å². The van der Waals surface area contributed by atoms with E-state index in [0.717, 1.165) is 60.5 Å². The van der Waals surface area contributed by atoms with Gasteiger partial charge in [-0.2, -0.15) is 0 Å². The molecule has 8 aromatic carbocycles. The predicted molar refractivity (Wildman–Crippen MR) is 204 cm³/mol. The van der Waals surface area contributed by atoms with Gasteiger partial charge in [0.25, 0.3) is 0 Å². The van der Waals surface area contributed by atoms with Crippen LogP contribution < -0.4 is 0 Å². The Kier molecular flexibility index (Phi) is 5.38. The highest BCUT2D eigenvalue weighted by atomic mass is 16.3. The molecule has 3 aromatic heterocycles. The first-order chi connectivity index (χ1) is 24.3. The van der Waals surface area contributed by atoms with Crippen LogP contribution in [-0.2, 0) is 0 Å². The molecule has 0 unspecified atom stereocenters. The summed E-state index contributed by atoms with van der Waals surface area (Å²) >= 11 is 0. The minimum atomic E-state index is 0.838. The first-order valence-corrected chi connectivity index (χ1v) is 16.7. The topological polar surface area (TPSA) is 31.2 Å². The molecule has 0 radical (unpaired) electrons. The lowest BCUT2D eigenvalue weighted by molar-refractivity contribution is 0.615. The molecule has 3 heterocycles. The number of hydrogen-bond acceptors (Lipinski definition) is 2. The van der Waals surface area contributed by atoms with Crippen LogP contribution in [0.2, 0.25) is 0 Å². The van der Waals surface area contributed by atoms with Gasteiger partial charge in [0.05, 0.1) is 22.9 Å². The highest BCUT2D eigenvalue weighted by molar-refractivity contribution is 6.28. The molecule has 0 N–H and O–H groups in total. The standard InChI is InChI=1S/C46H27NO2/c1-2-12-30(13-3-1)47-39-20-10-8-14-31(39)37-26-28(22-23-40(37)47)42-33-16-4-6-18-35(33)43(36-19-7-5-17-34(36)42)44-45-29(24-25-48-45)27-38-32-15-9-11-21-41(32)49-46(38)44/h1-27H. The lowest BCUT2D eigenvalue weighted by atomic mass is 9.85. The van der Waals surface area contributed by atoms with Crippen molar-refractivity contribution in [1.29, 1.82) is 0 Å². The van der Waals surface area contributed by atoms with Crippen molar-refractivity contribution in [2.75, 3.05) is 0 Å². The van der Waals surface area contributed by atoms with E-state index in [-0.39, 0.29) is 0 Å². The summed E-state index contributed by atoms with van der Waals surface area (Å²) < 4.78 is 15.4. The number of aromatic nitrogens is 1. The van der Waals surface area contributed by atoms with Gasteiger partial charge in [-0.15, -0.1) is 0 Å². The maximum Gasteiger partial charge on any atom is 0.147 e. The minimum Gasteiger partial charge on any atom is -0.464 e. The zero-order valence-corrected chi connectivity index (χ0v) is 26.4. The zero-order valence-electron chi connectivity index (χ0n) is 26.4. The first-order valence-electron chi connectivity index (χ1n) is 16.7. The SMILES string of the molecule is c1ccc(-n2c3ccccc3c3cc(-c4c5ccccc5c(-c5c6occc6cc6c5oc5ccccc56)c5ccccc45)ccc32)cc1. The smallest absolute Gasteiger partial charge is 0.147 e. The summed E-state index contributed by atoms with van der Waals surface area (Å²) in [5.74, 6) is 0. The lowest BCUT2D eigenvalue weighted by Crippen LogP contribution is -1.93. The van der Waals surface area contributed by atoms with E-state index in [1.807, 2.05) is 12.1 Å². The van der Waals surface area contributed by atoms with E-state index in [4.69, 9.17) is 8.83 Å². The van der Waals surface area contributed by atoms with E-state index in [9.17, 15) is 0 Å². The molecule has 0 fully saturated rings. The molecule has 0 spiro atoms. The maximum atomic E-state index is 6.69. The average Bonchev–Trinajstić information content (AvgIpc) is 3.87. The van der Waals surface area contributed by atoms with Crippen molar-refractivity contribution >= 4 is 76.3 Å². The molecule has 0 aliphatic heterocycles. The van der Waals surface area contributed by atoms with Gasteiger partial charge in [0.1, 0.15) is 16.7 Å². The van der Waals surface area contributed by atoms with Crippen LogP contribution in [0.3, 0.4) is 0 Å². The van der Waals surface area contributed by atoms with Crippen LogP contribution in [0, 0.1) is 0 Å². The largest absolute Gasteiger partial charge is 0.464 e. The second-order valence-corrected chi connectivity index (χ2v) is 12.8. The second kappa shape index (κ2) is 9.96. The Morgan fingerprint density at radius 1 is 0.388 bits per heavy atom. The Bertz CT molecular complexity index is 3050. The minimum absolute atomic E-state index is 0.838. The van der Waals surface area contributed by atoms with Gasteiger partial charge in [-0.05, 0) is 81.2 Å². The zero-order chi connectivity index (χ0) is 32.1. The van der Waals surface area contributed by atoms with Gasteiger partial charge in [-0.25, -0.2) is 0 Å². The Balaban J connectivity index is 1.26. The van der Waals surface area contributed by atoms with Gasteiger partial charge < -0.3 is 13.4 Å². The number of nitrogens with zero attached hydrogens (tertiary/aromatic N) is 1. The van der Waals surface area contributed by atoms with E-state index < -0.39 is 0 Å². The second-order valence-electron chi connectivity index (χ2n) is 12.8. The van der Waals surface area contributed by atoms with Gasteiger partial charge in [-0.1, -0.05) is 109 Å². The van der Waals surface area contributed by atoms with Crippen molar-refractivity contribution in [3.8, 4) is 27.9 Å². The fraction of sp³-hybridized carbons (Fsp3) is 0. The van der Waals surface area contributed by atoms with Crippen LogP contribution in [0.4, 0.5) is 0 Å². The lowest BCUT2D eigenvalue weighted by Gasteiger charge is -2.18. The molecule has 228 valence electrons. The van der Waals surface area contributed by atoms with Crippen molar-refractivity contribution in [1.82, 2.24) is 4.57 Å². The number of rotatable bonds is 3. The van der Waals surface area contributed by atoms with Crippen LogP contribution in [0.25, 0.3) is 104 Å². The van der Waals surface area contributed by atoms with Crippen molar-refractivity contribution in [2.45, 2.75) is 0 Å². The highest BCUT2D eigenvalue weighted by Gasteiger charge is 2.24. The molecule has 0 bridgehead atoms. The third-order valence-electron chi connectivity index (χ3n) is 10.2. The van der Waals surface area contributed by atoms with Gasteiger partial charge in [0, 0.05) is 38.2 Å². The molecule has 49 heavy (non-hydrogen) atoms.